The molecule has 2 heterocycles. The van der Waals surface area contributed by atoms with Crippen LogP contribution in [0.25, 0.3) is 0 Å². The molecular formula is C20H33N3O3Si. The molecule has 1 aromatic heterocycles. The minimum atomic E-state index is -1.15. The topological polar surface area (TPSA) is 56.6 Å². The van der Waals surface area contributed by atoms with Gasteiger partial charge in [-0.25, -0.2) is 9.78 Å². The molecule has 1 saturated heterocycles. The van der Waals surface area contributed by atoms with Crippen LogP contribution in [0.15, 0.2) is 6.20 Å². The quantitative estimate of drug-likeness (QED) is 0.413. The number of rotatable bonds is 6. The number of hydrogen-bond acceptors (Lipinski definition) is 4. The van der Waals surface area contributed by atoms with Crippen molar-refractivity contribution in [1.29, 1.82) is 0 Å². The van der Waals surface area contributed by atoms with Crippen LogP contribution >= 0.6 is 0 Å². The van der Waals surface area contributed by atoms with Crippen molar-refractivity contribution in [3.63, 3.8) is 0 Å². The fraction of sp³-hybridized carbons (Fsp3) is 0.700. The lowest BCUT2D eigenvalue weighted by Gasteiger charge is -2.28. The van der Waals surface area contributed by atoms with Crippen molar-refractivity contribution < 1.29 is 14.3 Å². The van der Waals surface area contributed by atoms with E-state index in [1.54, 1.807) is 11.1 Å². The van der Waals surface area contributed by atoms with Crippen LogP contribution < -0.4 is 0 Å². The third kappa shape index (κ3) is 6.11. The minimum absolute atomic E-state index is 0.137. The van der Waals surface area contributed by atoms with E-state index in [0.29, 0.717) is 25.6 Å². The van der Waals surface area contributed by atoms with Gasteiger partial charge in [0.1, 0.15) is 23.9 Å². The number of aromatic nitrogens is 2. The summed E-state index contributed by atoms with van der Waals surface area (Å²) in [5, 5.41) is 0. The molecule has 150 valence electrons. The van der Waals surface area contributed by atoms with E-state index in [-0.39, 0.29) is 12.1 Å². The molecule has 27 heavy (non-hydrogen) atoms. The second-order valence-corrected chi connectivity index (χ2v) is 14.9. The minimum Gasteiger partial charge on any atom is -0.444 e. The van der Waals surface area contributed by atoms with Gasteiger partial charge in [-0.1, -0.05) is 25.6 Å². The summed E-state index contributed by atoms with van der Waals surface area (Å²) < 4.78 is 13.4. The smallest absolute Gasteiger partial charge is 0.410 e. The Kier molecular flexibility index (Phi) is 6.76. The standard InChI is InChI=1S/C20H33N3O3Si/c1-8-16-14-21-18(23(16)15-25-12-13-27(5,6)7)17-10-9-11-22(17)19(24)26-20(2,3)4/h1,14,17H,9-13,15H2,2-7H3. The number of amides is 1. The molecule has 0 aromatic carbocycles. The van der Waals surface area contributed by atoms with Crippen molar-refractivity contribution in [2.45, 2.75) is 77.7 Å². The predicted octanol–water partition coefficient (Wildman–Crippen LogP) is 4.25. The van der Waals surface area contributed by atoms with Gasteiger partial charge in [-0.15, -0.1) is 6.42 Å². The Bertz CT molecular complexity index is 695. The number of ether oxygens (including phenoxy) is 2. The molecule has 1 aliphatic rings. The Morgan fingerprint density at radius 3 is 2.70 bits per heavy atom. The maximum atomic E-state index is 12.6. The van der Waals surface area contributed by atoms with E-state index in [0.717, 1.165) is 24.7 Å². The molecule has 0 bridgehead atoms. The van der Waals surface area contributed by atoms with Crippen LogP contribution in [-0.2, 0) is 16.2 Å². The van der Waals surface area contributed by atoms with Gasteiger partial charge >= 0.3 is 6.09 Å². The van der Waals surface area contributed by atoms with Gasteiger partial charge in [0, 0.05) is 21.2 Å². The van der Waals surface area contributed by atoms with Crippen LogP contribution in [0.3, 0.4) is 0 Å². The highest BCUT2D eigenvalue weighted by Gasteiger charge is 2.36. The molecule has 1 amide bonds. The SMILES string of the molecule is C#Cc1cnc(C2CCCN2C(=O)OC(C)(C)C)n1COCC[Si](C)(C)C. The van der Waals surface area contributed by atoms with E-state index in [2.05, 4.69) is 30.5 Å². The Morgan fingerprint density at radius 1 is 1.41 bits per heavy atom. The number of nitrogens with zero attached hydrogens (tertiary/aromatic N) is 3. The van der Waals surface area contributed by atoms with Crippen LogP contribution in [0.4, 0.5) is 4.79 Å². The van der Waals surface area contributed by atoms with E-state index in [1.807, 2.05) is 25.3 Å². The first-order valence-electron chi connectivity index (χ1n) is 9.61. The number of imidazole rings is 1. The molecule has 6 nitrogen and oxygen atoms in total. The van der Waals surface area contributed by atoms with Gasteiger partial charge in [0.25, 0.3) is 0 Å². The summed E-state index contributed by atoms with van der Waals surface area (Å²) in [6.45, 7) is 14.3. The fourth-order valence-electron chi connectivity index (χ4n) is 3.02. The first-order chi connectivity index (χ1) is 12.5. The lowest BCUT2D eigenvalue weighted by atomic mass is 10.2. The van der Waals surface area contributed by atoms with Gasteiger partial charge in [0.2, 0.25) is 0 Å². The van der Waals surface area contributed by atoms with Gasteiger partial charge in [-0.2, -0.15) is 0 Å². The van der Waals surface area contributed by atoms with Gasteiger partial charge in [-0.05, 0) is 39.7 Å². The van der Waals surface area contributed by atoms with E-state index >= 15 is 0 Å². The molecule has 1 fully saturated rings. The van der Waals surface area contributed by atoms with Crippen molar-refractivity contribution in [3.05, 3.63) is 17.7 Å². The molecule has 1 atom stereocenters. The van der Waals surface area contributed by atoms with Gasteiger partial charge in [-0.3, -0.25) is 9.47 Å². The summed E-state index contributed by atoms with van der Waals surface area (Å²) >= 11 is 0. The molecule has 1 aliphatic heterocycles. The van der Waals surface area contributed by atoms with Gasteiger partial charge in [0.15, 0.2) is 0 Å². The van der Waals surface area contributed by atoms with Crippen LogP contribution in [0.5, 0.6) is 0 Å². The van der Waals surface area contributed by atoms with Crippen LogP contribution in [0.1, 0.15) is 51.2 Å². The maximum Gasteiger partial charge on any atom is 0.410 e. The number of carbonyl (C=O) groups excluding carboxylic acids is 1. The van der Waals surface area contributed by atoms with E-state index in [9.17, 15) is 4.79 Å². The fourth-order valence-corrected chi connectivity index (χ4v) is 3.77. The van der Waals surface area contributed by atoms with Crippen LogP contribution in [0.2, 0.25) is 25.7 Å². The molecule has 0 saturated carbocycles. The third-order valence-electron chi connectivity index (χ3n) is 4.43. The number of carbonyl (C=O) groups is 1. The van der Waals surface area contributed by atoms with E-state index < -0.39 is 13.7 Å². The monoisotopic (exact) mass is 391 g/mol. The molecule has 0 spiro atoms. The Labute approximate surface area is 164 Å². The van der Waals surface area contributed by atoms with Crippen LogP contribution in [-0.4, -0.2) is 47.4 Å². The summed E-state index contributed by atoms with van der Waals surface area (Å²) in [6.07, 6.45) is 8.79. The summed E-state index contributed by atoms with van der Waals surface area (Å²) in [6, 6.07) is 0.957. The van der Waals surface area contributed by atoms with Crippen molar-refractivity contribution in [2.24, 2.45) is 0 Å². The van der Waals surface area contributed by atoms with Crippen molar-refractivity contribution in [3.8, 4) is 12.3 Å². The van der Waals surface area contributed by atoms with Gasteiger partial charge in [0.05, 0.1) is 12.2 Å². The Morgan fingerprint density at radius 2 is 2.11 bits per heavy atom. The second-order valence-electron chi connectivity index (χ2n) is 9.25. The molecule has 0 radical (unpaired) electrons. The summed E-state index contributed by atoms with van der Waals surface area (Å²) in [7, 11) is -1.15. The largest absolute Gasteiger partial charge is 0.444 e. The predicted molar refractivity (Wildman–Crippen MR) is 109 cm³/mol. The number of terminal acetylenes is 1. The van der Waals surface area contributed by atoms with E-state index in [4.69, 9.17) is 15.9 Å². The summed E-state index contributed by atoms with van der Waals surface area (Å²) in [4.78, 5) is 18.9. The highest BCUT2D eigenvalue weighted by molar-refractivity contribution is 6.76. The van der Waals surface area contributed by atoms with Crippen molar-refractivity contribution in [1.82, 2.24) is 14.5 Å². The molecule has 0 aliphatic carbocycles. The zero-order valence-corrected chi connectivity index (χ0v) is 18.5. The van der Waals surface area contributed by atoms with Crippen LogP contribution in [0, 0.1) is 12.3 Å². The third-order valence-corrected chi connectivity index (χ3v) is 6.13. The molecule has 7 heteroatoms. The van der Waals surface area contributed by atoms with Crippen molar-refractivity contribution >= 4 is 14.2 Å². The lowest BCUT2D eigenvalue weighted by Crippen LogP contribution is -2.37. The highest BCUT2D eigenvalue weighted by atomic mass is 28.3. The first-order valence-corrected chi connectivity index (χ1v) is 13.3. The normalized spacial score (nSPS) is 17.8. The number of likely N-dealkylation sites (tertiary alicyclic amines) is 1. The Hall–Kier alpha value is -1.78. The average molecular weight is 392 g/mol. The van der Waals surface area contributed by atoms with Gasteiger partial charge < -0.3 is 9.47 Å². The molecule has 1 aromatic rings. The average Bonchev–Trinajstić information content (AvgIpc) is 3.15. The molecule has 2 rings (SSSR count). The maximum absolute atomic E-state index is 12.6. The number of hydrogen-bond donors (Lipinski definition) is 0. The Balaban J connectivity index is 2.14. The molecule has 1 unspecified atom stereocenters. The zero-order valence-electron chi connectivity index (χ0n) is 17.5. The molecule has 0 N–H and O–H groups in total. The first kappa shape index (κ1) is 21.5. The summed E-state index contributed by atoms with van der Waals surface area (Å²) in [5.74, 6) is 3.45. The molecular weight excluding hydrogens is 358 g/mol. The summed E-state index contributed by atoms with van der Waals surface area (Å²) in [5.41, 5.74) is 0.151. The zero-order chi connectivity index (χ0) is 20.2. The van der Waals surface area contributed by atoms with E-state index in [1.165, 1.54) is 0 Å². The second kappa shape index (κ2) is 8.49. The van der Waals surface area contributed by atoms with Crippen molar-refractivity contribution in [2.75, 3.05) is 13.2 Å². The lowest BCUT2D eigenvalue weighted by molar-refractivity contribution is 0.0204. The highest BCUT2D eigenvalue weighted by Crippen LogP contribution is 2.33.